The maximum atomic E-state index is 11.2. The molecule has 0 unspecified atom stereocenters. The van der Waals surface area contributed by atoms with Crippen molar-refractivity contribution in [1.29, 1.82) is 0 Å². The molecule has 26 heavy (non-hydrogen) atoms. The van der Waals surface area contributed by atoms with Crippen molar-refractivity contribution < 1.29 is 17.9 Å². The molecule has 8 heteroatoms. The summed E-state index contributed by atoms with van der Waals surface area (Å²) in [7, 11) is -2.07. The minimum Gasteiger partial charge on any atom is -0.493 e. The van der Waals surface area contributed by atoms with Gasteiger partial charge in [0.15, 0.2) is 11.5 Å². The van der Waals surface area contributed by atoms with E-state index in [1.807, 2.05) is 19.1 Å². The fourth-order valence-corrected chi connectivity index (χ4v) is 3.27. The number of sulfonamides is 1. The molecule has 0 saturated heterocycles. The van der Waals surface area contributed by atoms with Gasteiger partial charge in [-0.3, -0.25) is 0 Å². The van der Waals surface area contributed by atoms with Gasteiger partial charge in [0.2, 0.25) is 10.0 Å². The lowest BCUT2D eigenvalue weighted by Gasteiger charge is -2.13. The number of methoxy groups -OCH3 is 1. The Bertz CT molecular complexity index is 839. The van der Waals surface area contributed by atoms with E-state index in [1.54, 1.807) is 19.2 Å². The lowest BCUT2D eigenvalue weighted by molar-refractivity contribution is 0.311. The Morgan fingerprint density at radius 1 is 1.15 bits per heavy atom. The van der Waals surface area contributed by atoms with Gasteiger partial charge in [0.1, 0.15) is 0 Å². The normalized spacial score (nSPS) is 11.4. The Morgan fingerprint density at radius 3 is 2.42 bits per heavy atom. The minimum atomic E-state index is -3.65. The van der Waals surface area contributed by atoms with Gasteiger partial charge in [-0.2, -0.15) is 0 Å². The molecule has 2 aromatic carbocycles. The lowest BCUT2D eigenvalue weighted by atomic mass is 10.1. The van der Waals surface area contributed by atoms with Gasteiger partial charge in [0.05, 0.1) is 23.6 Å². The smallest absolute Gasteiger partial charge is 0.238 e. The third kappa shape index (κ3) is 5.60. The van der Waals surface area contributed by atoms with Crippen LogP contribution in [-0.2, 0) is 23.0 Å². The maximum absolute atomic E-state index is 11.2. The second kappa shape index (κ2) is 9.23. The maximum Gasteiger partial charge on any atom is 0.238 e. The number of nitrogens with two attached hydrogens (primary N) is 1. The molecule has 0 radical (unpaired) electrons. The molecular weight excluding hydrogens is 376 g/mol. The zero-order chi connectivity index (χ0) is 19.2. The van der Waals surface area contributed by atoms with Gasteiger partial charge in [-0.25, -0.2) is 13.6 Å². The molecule has 0 aliphatic rings. The largest absolute Gasteiger partial charge is 0.493 e. The average molecular weight is 399 g/mol. The second-order valence-corrected chi connectivity index (χ2v) is 7.63. The third-order valence-electron chi connectivity index (χ3n) is 3.75. The highest BCUT2D eigenvalue weighted by Crippen LogP contribution is 2.36. The number of ether oxygens (including phenoxy) is 2. The number of hydrogen-bond acceptors (Lipinski definition) is 5. The molecule has 2 rings (SSSR count). The summed E-state index contributed by atoms with van der Waals surface area (Å²) in [6, 6.07) is 10.3. The molecule has 142 valence electrons. The molecule has 0 bridgehead atoms. The molecular formula is C18H23ClN2O4S. The Labute approximate surface area is 159 Å². The average Bonchev–Trinajstić information content (AvgIpc) is 2.60. The predicted octanol–water partition coefficient (Wildman–Crippen LogP) is 2.73. The summed E-state index contributed by atoms with van der Waals surface area (Å²) in [6.45, 7) is 3.75. The molecule has 0 heterocycles. The van der Waals surface area contributed by atoms with Gasteiger partial charge in [-0.15, -0.1) is 0 Å². The molecule has 3 N–H and O–H groups in total. The van der Waals surface area contributed by atoms with E-state index in [0.29, 0.717) is 29.7 Å². The first-order valence-electron chi connectivity index (χ1n) is 8.16. The standard InChI is InChI=1S/C18H23ClN2O4S/c1-3-25-18-16(19)10-14(11-17(18)24-2)12-21-9-8-13-4-6-15(7-5-13)26(20,22)23/h4-7,10-11,21H,3,8-9,12H2,1-2H3,(H2,20,22,23). The van der Waals surface area contributed by atoms with Crippen LogP contribution >= 0.6 is 11.6 Å². The van der Waals surface area contributed by atoms with E-state index in [-0.39, 0.29) is 4.90 Å². The summed E-state index contributed by atoms with van der Waals surface area (Å²) >= 11 is 6.26. The van der Waals surface area contributed by atoms with Crippen LogP contribution in [0.2, 0.25) is 5.02 Å². The Morgan fingerprint density at radius 2 is 1.85 bits per heavy atom. The molecule has 0 spiro atoms. The summed E-state index contributed by atoms with van der Waals surface area (Å²) in [6.07, 6.45) is 0.757. The molecule has 0 aromatic heterocycles. The number of hydrogen-bond donors (Lipinski definition) is 2. The lowest BCUT2D eigenvalue weighted by Crippen LogP contribution is -2.17. The SMILES string of the molecule is CCOc1c(Cl)cc(CNCCc2ccc(S(N)(=O)=O)cc2)cc1OC. The quantitative estimate of drug-likeness (QED) is 0.634. The van der Waals surface area contributed by atoms with Crippen molar-refractivity contribution >= 4 is 21.6 Å². The van der Waals surface area contributed by atoms with Gasteiger partial charge < -0.3 is 14.8 Å². The first-order chi connectivity index (χ1) is 12.3. The summed E-state index contributed by atoms with van der Waals surface area (Å²) < 4.78 is 33.3. The molecule has 0 amide bonds. The predicted molar refractivity (Wildman–Crippen MR) is 102 cm³/mol. The van der Waals surface area contributed by atoms with Crippen molar-refractivity contribution in [3.63, 3.8) is 0 Å². The first-order valence-corrected chi connectivity index (χ1v) is 10.1. The number of primary sulfonamides is 1. The number of rotatable bonds is 9. The van der Waals surface area contributed by atoms with E-state index in [0.717, 1.165) is 24.1 Å². The fraction of sp³-hybridized carbons (Fsp3) is 0.333. The monoisotopic (exact) mass is 398 g/mol. The van der Waals surface area contributed by atoms with Crippen LogP contribution in [0.1, 0.15) is 18.1 Å². The topological polar surface area (TPSA) is 90.6 Å². The highest BCUT2D eigenvalue weighted by atomic mass is 35.5. The van der Waals surface area contributed by atoms with Crippen LogP contribution in [0.3, 0.4) is 0 Å². The van der Waals surface area contributed by atoms with E-state index in [2.05, 4.69) is 5.32 Å². The van der Waals surface area contributed by atoms with E-state index in [1.165, 1.54) is 12.1 Å². The summed E-state index contributed by atoms with van der Waals surface area (Å²) in [5.41, 5.74) is 2.01. The molecule has 0 atom stereocenters. The first kappa shape index (κ1) is 20.5. The van der Waals surface area contributed by atoms with Crippen LogP contribution in [0.5, 0.6) is 11.5 Å². The van der Waals surface area contributed by atoms with Gasteiger partial charge >= 0.3 is 0 Å². The zero-order valence-electron chi connectivity index (χ0n) is 14.8. The van der Waals surface area contributed by atoms with Crippen molar-refractivity contribution in [3.05, 3.63) is 52.5 Å². The second-order valence-electron chi connectivity index (χ2n) is 5.66. The number of halogens is 1. The molecule has 6 nitrogen and oxygen atoms in total. The van der Waals surface area contributed by atoms with E-state index in [4.69, 9.17) is 26.2 Å². The molecule has 0 aliphatic heterocycles. The van der Waals surface area contributed by atoms with Gasteiger partial charge in [-0.05, 0) is 55.3 Å². The van der Waals surface area contributed by atoms with Crippen LogP contribution < -0.4 is 19.9 Å². The van der Waals surface area contributed by atoms with Crippen molar-refractivity contribution in [2.75, 3.05) is 20.3 Å². The summed E-state index contributed by atoms with van der Waals surface area (Å²) in [5, 5.41) is 8.93. The summed E-state index contributed by atoms with van der Waals surface area (Å²) in [5.74, 6) is 1.16. The van der Waals surface area contributed by atoms with Gasteiger partial charge in [-0.1, -0.05) is 23.7 Å². The third-order valence-corrected chi connectivity index (χ3v) is 4.96. The zero-order valence-corrected chi connectivity index (χ0v) is 16.4. The minimum absolute atomic E-state index is 0.116. The van der Waals surface area contributed by atoms with Gasteiger partial charge in [0.25, 0.3) is 0 Å². The van der Waals surface area contributed by atoms with E-state index >= 15 is 0 Å². The highest BCUT2D eigenvalue weighted by molar-refractivity contribution is 7.89. The van der Waals surface area contributed by atoms with Crippen LogP contribution in [0.15, 0.2) is 41.3 Å². The fourth-order valence-electron chi connectivity index (χ4n) is 2.47. The van der Waals surface area contributed by atoms with Crippen LogP contribution in [0.25, 0.3) is 0 Å². The Balaban J connectivity index is 1.91. The van der Waals surface area contributed by atoms with Crippen molar-refractivity contribution in [2.45, 2.75) is 24.8 Å². The molecule has 0 aliphatic carbocycles. The van der Waals surface area contributed by atoms with Crippen LogP contribution in [-0.4, -0.2) is 28.7 Å². The highest BCUT2D eigenvalue weighted by Gasteiger charge is 2.11. The number of nitrogens with one attached hydrogen (secondary N) is 1. The van der Waals surface area contributed by atoms with Crippen molar-refractivity contribution in [1.82, 2.24) is 5.32 Å². The molecule has 2 aromatic rings. The van der Waals surface area contributed by atoms with E-state index < -0.39 is 10.0 Å². The Hall–Kier alpha value is -1.80. The van der Waals surface area contributed by atoms with Crippen LogP contribution in [0.4, 0.5) is 0 Å². The molecule has 0 fully saturated rings. The number of benzene rings is 2. The molecule has 0 saturated carbocycles. The summed E-state index contributed by atoms with van der Waals surface area (Å²) in [4.78, 5) is 0.116. The van der Waals surface area contributed by atoms with E-state index in [9.17, 15) is 8.42 Å². The Kier molecular flexibility index (Phi) is 7.28. The van der Waals surface area contributed by atoms with Crippen LogP contribution in [0, 0.1) is 0 Å². The van der Waals surface area contributed by atoms with Crippen molar-refractivity contribution in [2.24, 2.45) is 5.14 Å². The van der Waals surface area contributed by atoms with Crippen molar-refractivity contribution in [3.8, 4) is 11.5 Å². The van der Waals surface area contributed by atoms with Gasteiger partial charge in [0, 0.05) is 6.54 Å².